The van der Waals surface area contributed by atoms with Crippen LogP contribution in [0.3, 0.4) is 0 Å². The molecule has 0 saturated heterocycles. The highest BCUT2D eigenvalue weighted by Gasteiger charge is 2.03. The fourth-order valence-electron chi connectivity index (χ4n) is 1.37. The van der Waals surface area contributed by atoms with E-state index in [-0.39, 0.29) is 5.97 Å². The van der Waals surface area contributed by atoms with Gasteiger partial charge in [0.15, 0.2) is 5.16 Å². The molecule has 0 aliphatic heterocycles. The molecular weight excluding hydrogens is 252 g/mol. The van der Waals surface area contributed by atoms with E-state index in [4.69, 9.17) is 4.74 Å². The Bertz CT molecular complexity index is 592. The number of nitrogens with one attached hydrogen (secondary N) is 1. The number of methoxy groups -OCH3 is 2. The number of hydrogen-bond acceptors (Lipinski definition) is 5. The van der Waals surface area contributed by atoms with Gasteiger partial charge in [-0.2, -0.15) is 0 Å². The third-order valence-electron chi connectivity index (χ3n) is 2.25. The average molecular weight is 264 g/mol. The Labute approximate surface area is 108 Å². The first-order valence-electron chi connectivity index (χ1n) is 5.18. The maximum absolute atomic E-state index is 10.9. The van der Waals surface area contributed by atoms with Crippen LogP contribution < -0.4 is 4.74 Å². The van der Waals surface area contributed by atoms with Crippen LogP contribution in [0.1, 0.15) is 0 Å². The van der Waals surface area contributed by atoms with Crippen molar-refractivity contribution in [3.05, 3.63) is 29.7 Å². The van der Waals surface area contributed by atoms with Crippen LogP contribution in [0, 0.1) is 0 Å². The maximum atomic E-state index is 10.9. The lowest BCUT2D eigenvalue weighted by molar-refractivity contribution is -0.134. The molecule has 0 fully saturated rings. The molecule has 1 heterocycles. The molecule has 0 radical (unpaired) electrons. The number of carbonyl (C=O) groups excluding carboxylic acids is 1. The van der Waals surface area contributed by atoms with Gasteiger partial charge in [-0.1, -0.05) is 11.8 Å². The maximum Gasteiger partial charge on any atom is 0.330 e. The molecule has 0 unspecified atom stereocenters. The number of aromatic amines is 1. The number of carbonyl (C=O) groups is 1. The molecule has 2 rings (SSSR count). The lowest BCUT2D eigenvalue weighted by atomic mass is 10.3. The Morgan fingerprint density at radius 3 is 3.00 bits per heavy atom. The summed E-state index contributed by atoms with van der Waals surface area (Å²) in [6.45, 7) is 0. The van der Waals surface area contributed by atoms with Crippen molar-refractivity contribution in [2.24, 2.45) is 0 Å². The number of benzene rings is 1. The molecule has 0 spiro atoms. The van der Waals surface area contributed by atoms with Crippen LogP contribution in [0.4, 0.5) is 0 Å². The molecule has 2 aromatic rings. The lowest BCUT2D eigenvalue weighted by Gasteiger charge is -1.96. The normalized spacial score (nSPS) is 11.0. The average Bonchev–Trinajstić information content (AvgIpc) is 2.79. The molecule has 5 nitrogen and oxygen atoms in total. The summed E-state index contributed by atoms with van der Waals surface area (Å²) in [5.41, 5.74) is 1.74. The zero-order chi connectivity index (χ0) is 13.0. The minimum Gasteiger partial charge on any atom is -0.497 e. The summed E-state index contributed by atoms with van der Waals surface area (Å²) >= 11 is 1.31. The van der Waals surface area contributed by atoms with Crippen molar-refractivity contribution in [3.8, 4) is 5.75 Å². The predicted octanol–water partition coefficient (Wildman–Crippen LogP) is 2.35. The zero-order valence-corrected chi connectivity index (χ0v) is 10.8. The summed E-state index contributed by atoms with van der Waals surface area (Å²) in [7, 11) is 2.96. The first kappa shape index (κ1) is 12.5. The van der Waals surface area contributed by atoms with Crippen molar-refractivity contribution in [3.63, 3.8) is 0 Å². The molecule has 0 saturated carbocycles. The molecule has 94 valence electrons. The van der Waals surface area contributed by atoms with Gasteiger partial charge in [0.2, 0.25) is 0 Å². The van der Waals surface area contributed by atoms with Gasteiger partial charge in [-0.05, 0) is 17.5 Å². The van der Waals surface area contributed by atoms with Gasteiger partial charge in [0.25, 0.3) is 0 Å². The van der Waals surface area contributed by atoms with Crippen LogP contribution in [0.2, 0.25) is 0 Å². The summed E-state index contributed by atoms with van der Waals surface area (Å²) in [6, 6.07) is 5.59. The van der Waals surface area contributed by atoms with E-state index in [1.54, 1.807) is 12.5 Å². The summed E-state index contributed by atoms with van der Waals surface area (Å²) in [5, 5.41) is 2.33. The number of H-pyrrole nitrogens is 1. The van der Waals surface area contributed by atoms with E-state index < -0.39 is 0 Å². The second-order valence-corrected chi connectivity index (χ2v) is 4.26. The monoisotopic (exact) mass is 264 g/mol. The van der Waals surface area contributed by atoms with Crippen molar-refractivity contribution in [2.45, 2.75) is 5.16 Å². The second-order valence-electron chi connectivity index (χ2n) is 3.37. The van der Waals surface area contributed by atoms with Crippen molar-refractivity contribution < 1.29 is 14.3 Å². The number of ether oxygens (including phenoxy) is 2. The molecule has 1 aromatic heterocycles. The highest BCUT2D eigenvalue weighted by atomic mass is 32.2. The van der Waals surface area contributed by atoms with Crippen molar-refractivity contribution in [1.82, 2.24) is 9.97 Å². The Kier molecular flexibility index (Phi) is 3.88. The smallest absolute Gasteiger partial charge is 0.330 e. The molecule has 0 atom stereocenters. The van der Waals surface area contributed by atoms with E-state index in [2.05, 4.69) is 14.7 Å². The van der Waals surface area contributed by atoms with Crippen LogP contribution in [-0.4, -0.2) is 30.2 Å². The van der Waals surface area contributed by atoms with Gasteiger partial charge in [-0.15, -0.1) is 0 Å². The minimum atomic E-state index is -0.389. The van der Waals surface area contributed by atoms with E-state index in [1.807, 2.05) is 18.2 Å². The fourth-order valence-corrected chi connectivity index (χ4v) is 2.00. The SMILES string of the molecule is COC(=O)C=CSc1nc2ccc(OC)cc2[nH]1. The summed E-state index contributed by atoms with van der Waals surface area (Å²) < 4.78 is 9.62. The Balaban J connectivity index is 2.15. The number of hydrogen-bond donors (Lipinski definition) is 1. The second kappa shape index (κ2) is 5.59. The standard InChI is InChI=1S/C12H12N2O3S/c1-16-8-3-4-9-10(7-8)14-12(13-9)18-6-5-11(15)17-2/h3-7H,1-2H3,(H,13,14). The first-order chi connectivity index (χ1) is 8.72. The molecule has 1 N–H and O–H groups in total. The van der Waals surface area contributed by atoms with Crippen LogP contribution in [0.25, 0.3) is 11.0 Å². The number of nitrogens with zero attached hydrogens (tertiary/aromatic N) is 1. The molecule has 0 aliphatic rings. The van der Waals surface area contributed by atoms with Gasteiger partial charge in [0.1, 0.15) is 5.75 Å². The van der Waals surface area contributed by atoms with Crippen molar-refractivity contribution in [2.75, 3.05) is 14.2 Å². The third-order valence-corrected chi connectivity index (χ3v) is 2.94. The number of imidazole rings is 1. The Morgan fingerprint density at radius 2 is 2.28 bits per heavy atom. The molecular formula is C12H12N2O3S. The topological polar surface area (TPSA) is 64.2 Å². The van der Waals surface area contributed by atoms with Gasteiger partial charge in [-0.3, -0.25) is 0 Å². The highest BCUT2D eigenvalue weighted by Crippen LogP contribution is 2.23. The molecule has 1 aromatic carbocycles. The van der Waals surface area contributed by atoms with Crippen LogP contribution in [-0.2, 0) is 9.53 Å². The summed E-state index contributed by atoms with van der Waals surface area (Å²) in [5.74, 6) is 0.382. The van der Waals surface area contributed by atoms with E-state index in [1.165, 1.54) is 24.9 Å². The molecule has 6 heteroatoms. The minimum absolute atomic E-state index is 0.389. The fraction of sp³-hybridized carbons (Fsp3) is 0.167. The zero-order valence-electron chi connectivity index (χ0n) is 9.97. The number of rotatable bonds is 4. The quantitative estimate of drug-likeness (QED) is 0.521. The van der Waals surface area contributed by atoms with Gasteiger partial charge in [0.05, 0.1) is 25.3 Å². The van der Waals surface area contributed by atoms with Crippen LogP contribution >= 0.6 is 11.8 Å². The predicted molar refractivity (Wildman–Crippen MR) is 69.7 cm³/mol. The number of fused-ring (bicyclic) bond motifs is 1. The highest BCUT2D eigenvalue weighted by molar-refractivity contribution is 8.02. The Morgan fingerprint density at radius 1 is 1.44 bits per heavy atom. The van der Waals surface area contributed by atoms with E-state index in [0.717, 1.165) is 16.8 Å². The first-order valence-corrected chi connectivity index (χ1v) is 6.06. The van der Waals surface area contributed by atoms with E-state index in [9.17, 15) is 4.79 Å². The van der Waals surface area contributed by atoms with Gasteiger partial charge < -0.3 is 14.5 Å². The third kappa shape index (κ3) is 2.84. The molecule has 0 amide bonds. The van der Waals surface area contributed by atoms with Gasteiger partial charge in [-0.25, -0.2) is 9.78 Å². The summed E-state index contributed by atoms with van der Waals surface area (Å²) in [4.78, 5) is 18.4. The van der Waals surface area contributed by atoms with Gasteiger partial charge in [0, 0.05) is 12.1 Å². The largest absolute Gasteiger partial charge is 0.497 e. The summed E-state index contributed by atoms with van der Waals surface area (Å²) in [6.07, 6.45) is 1.35. The Hall–Kier alpha value is -1.95. The van der Waals surface area contributed by atoms with Crippen molar-refractivity contribution in [1.29, 1.82) is 0 Å². The van der Waals surface area contributed by atoms with Crippen molar-refractivity contribution >= 4 is 28.8 Å². The number of esters is 1. The number of thioether (sulfide) groups is 1. The van der Waals surface area contributed by atoms with Crippen LogP contribution in [0.5, 0.6) is 5.75 Å². The molecule has 18 heavy (non-hydrogen) atoms. The van der Waals surface area contributed by atoms with Crippen LogP contribution in [0.15, 0.2) is 34.8 Å². The van der Waals surface area contributed by atoms with E-state index in [0.29, 0.717) is 5.16 Å². The van der Waals surface area contributed by atoms with Gasteiger partial charge >= 0.3 is 5.97 Å². The lowest BCUT2D eigenvalue weighted by Crippen LogP contribution is -1.92. The molecule has 0 bridgehead atoms. The molecule has 0 aliphatic carbocycles. The number of aromatic nitrogens is 2. The van der Waals surface area contributed by atoms with E-state index >= 15 is 0 Å².